The van der Waals surface area contributed by atoms with Gasteiger partial charge in [-0.3, -0.25) is 4.18 Å². The minimum atomic E-state index is -3.79. The molecule has 0 aromatic heterocycles. The zero-order valence-corrected chi connectivity index (χ0v) is 14.4. The summed E-state index contributed by atoms with van der Waals surface area (Å²) in [5.41, 5.74) is 1.86. The summed E-state index contributed by atoms with van der Waals surface area (Å²) in [4.78, 5) is 4.60. The Morgan fingerprint density at radius 2 is 1.75 bits per heavy atom. The molecule has 0 N–H and O–H groups in total. The van der Waals surface area contributed by atoms with E-state index in [1.165, 1.54) is 12.1 Å². The maximum absolute atomic E-state index is 12.2. The van der Waals surface area contributed by atoms with Crippen molar-refractivity contribution in [2.75, 3.05) is 6.61 Å². The van der Waals surface area contributed by atoms with Crippen molar-refractivity contribution in [2.24, 2.45) is 4.99 Å². The van der Waals surface area contributed by atoms with Gasteiger partial charge in [0.05, 0.1) is 11.5 Å². The topological polar surface area (TPSA) is 65.0 Å². The summed E-state index contributed by atoms with van der Waals surface area (Å²) in [7, 11) is -3.79. The van der Waals surface area contributed by atoms with Crippen LogP contribution in [0, 0.1) is 6.92 Å². The fraction of sp³-hybridized carbons (Fsp3) is 0.278. The van der Waals surface area contributed by atoms with E-state index in [1.807, 2.05) is 44.2 Å². The number of hydrogen-bond acceptors (Lipinski definition) is 5. The van der Waals surface area contributed by atoms with Gasteiger partial charge in [-0.15, -0.1) is 0 Å². The highest BCUT2D eigenvalue weighted by atomic mass is 32.2. The van der Waals surface area contributed by atoms with Gasteiger partial charge in [0, 0.05) is 5.56 Å². The normalized spacial score (nSPS) is 20.5. The molecule has 3 rings (SSSR count). The molecule has 0 bridgehead atoms. The van der Waals surface area contributed by atoms with Gasteiger partial charge in [0.2, 0.25) is 5.90 Å². The van der Waals surface area contributed by atoms with Crippen molar-refractivity contribution < 1.29 is 17.3 Å². The minimum absolute atomic E-state index is 0.0479. The van der Waals surface area contributed by atoms with Crippen molar-refractivity contribution >= 4 is 16.0 Å². The Bertz CT molecular complexity index is 829. The Morgan fingerprint density at radius 1 is 1.08 bits per heavy atom. The highest BCUT2D eigenvalue weighted by Crippen LogP contribution is 2.20. The van der Waals surface area contributed by atoms with Gasteiger partial charge in [-0.25, -0.2) is 4.99 Å². The van der Waals surface area contributed by atoms with Crippen LogP contribution in [-0.4, -0.2) is 33.1 Å². The van der Waals surface area contributed by atoms with Gasteiger partial charge in [-0.05, 0) is 38.1 Å². The number of nitrogens with zero attached hydrogens (tertiary/aromatic N) is 1. The van der Waals surface area contributed by atoms with Crippen LogP contribution in [0.5, 0.6) is 0 Å². The fourth-order valence-electron chi connectivity index (χ4n) is 2.37. The van der Waals surface area contributed by atoms with Gasteiger partial charge in [0.25, 0.3) is 10.1 Å². The first-order valence-corrected chi connectivity index (χ1v) is 9.12. The maximum atomic E-state index is 12.2. The van der Waals surface area contributed by atoms with Crippen molar-refractivity contribution in [1.82, 2.24) is 0 Å². The standard InChI is InChI=1S/C18H19NO4S/c1-13-8-10-16(11-9-13)24(20,21)22-12-17-14(2)23-18(19-17)15-6-4-3-5-7-15/h3-11,14,17H,12H2,1-2H3/t14-,17+/m0/s1. The van der Waals surface area contributed by atoms with E-state index in [1.54, 1.807) is 12.1 Å². The monoisotopic (exact) mass is 345 g/mol. The van der Waals surface area contributed by atoms with Crippen molar-refractivity contribution in [1.29, 1.82) is 0 Å². The zero-order valence-electron chi connectivity index (χ0n) is 13.5. The molecule has 2 aromatic carbocycles. The smallest absolute Gasteiger partial charge is 0.297 e. The molecule has 0 spiro atoms. The van der Waals surface area contributed by atoms with Gasteiger partial charge >= 0.3 is 0 Å². The molecule has 5 nitrogen and oxygen atoms in total. The molecule has 0 saturated carbocycles. The number of benzene rings is 2. The zero-order chi connectivity index (χ0) is 17.2. The first kappa shape index (κ1) is 16.7. The third-order valence-corrected chi connectivity index (χ3v) is 5.14. The number of aliphatic imine (C=N–C) groups is 1. The van der Waals surface area contributed by atoms with E-state index in [2.05, 4.69) is 4.99 Å². The van der Waals surface area contributed by atoms with Gasteiger partial charge < -0.3 is 4.74 Å². The molecule has 6 heteroatoms. The number of rotatable bonds is 5. The Kier molecular flexibility index (Phi) is 4.69. The second-order valence-electron chi connectivity index (χ2n) is 5.74. The number of aryl methyl sites for hydroxylation is 1. The van der Waals surface area contributed by atoms with Crippen LogP contribution in [0.15, 0.2) is 64.5 Å². The minimum Gasteiger partial charge on any atom is -0.472 e. The molecule has 0 fully saturated rings. The van der Waals surface area contributed by atoms with Gasteiger partial charge in [-0.1, -0.05) is 35.9 Å². The molecule has 2 atom stereocenters. The highest BCUT2D eigenvalue weighted by Gasteiger charge is 2.30. The van der Waals surface area contributed by atoms with E-state index in [4.69, 9.17) is 8.92 Å². The summed E-state index contributed by atoms with van der Waals surface area (Å²) < 4.78 is 35.4. The molecule has 1 aliphatic rings. The predicted octanol–water partition coefficient (Wildman–Crippen LogP) is 2.93. The Balaban J connectivity index is 1.70. The molecule has 0 unspecified atom stereocenters. The molecule has 2 aromatic rings. The van der Waals surface area contributed by atoms with E-state index in [-0.39, 0.29) is 23.6 Å². The molecule has 0 saturated heterocycles. The van der Waals surface area contributed by atoms with Crippen LogP contribution in [-0.2, 0) is 19.0 Å². The van der Waals surface area contributed by atoms with Crippen LogP contribution in [0.2, 0.25) is 0 Å². The van der Waals surface area contributed by atoms with Crippen molar-refractivity contribution in [2.45, 2.75) is 30.9 Å². The number of hydrogen-bond donors (Lipinski definition) is 0. The molecule has 24 heavy (non-hydrogen) atoms. The summed E-state index contributed by atoms with van der Waals surface area (Å²) in [6.07, 6.45) is -0.242. The first-order valence-electron chi connectivity index (χ1n) is 7.72. The molecule has 0 amide bonds. The van der Waals surface area contributed by atoms with E-state index in [0.29, 0.717) is 5.90 Å². The summed E-state index contributed by atoms with van der Waals surface area (Å²) in [6, 6.07) is 15.7. The average Bonchev–Trinajstić information content (AvgIpc) is 2.95. The highest BCUT2D eigenvalue weighted by molar-refractivity contribution is 7.86. The molecule has 1 heterocycles. The SMILES string of the molecule is Cc1ccc(S(=O)(=O)OC[C@H]2N=C(c3ccccc3)O[C@H]2C)cc1. The van der Waals surface area contributed by atoms with Crippen LogP contribution in [0.1, 0.15) is 18.1 Å². The van der Waals surface area contributed by atoms with Gasteiger partial charge in [0.15, 0.2) is 0 Å². The van der Waals surface area contributed by atoms with E-state index in [9.17, 15) is 8.42 Å². The molecular formula is C18H19NO4S. The molecule has 0 aliphatic carbocycles. The van der Waals surface area contributed by atoms with Crippen LogP contribution in [0.3, 0.4) is 0 Å². The number of ether oxygens (including phenoxy) is 1. The third-order valence-electron chi connectivity index (χ3n) is 3.85. The average molecular weight is 345 g/mol. The van der Waals surface area contributed by atoms with Crippen molar-refractivity contribution in [3.63, 3.8) is 0 Å². The summed E-state index contributed by atoms with van der Waals surface area (Å²) in [5, 5.41) is 0. The van der Waals surface area contributed by atoms with Gasteiger partial charge in [-0.2, -0.15) is 8.42 Å². The second kappa shape index (κ2) is 6.75. The molecule has 0 radical (unpaired) electrons. The van der Waals surface area contributed by atoms with Crippen molar-refractivity contribution in [3.05, 3.63) is 65.7 Å². The van der Waals surface area contributed by atoms with Crippen LogP contribution in [0.25, 0.3) is 0 Å². The van der Waals surface area contributed by atoms with E-state index < -0.39 is 10.1 Å². The van der Waals surface area contributed by atoms with Crippen LogP contribution >= 0.6 is 0 Å². The molecule has 126 valence electrons. The van der Waals surface area contributed by atoms with Crippen molar-refractivity contribution in [3.8, 4) is 0 Å². The molecule has 1 aliphatic heterocycles. The van der Waals surface area contributed by atoms with Gasteiger partial charge in [0.1, 0.15) is 12.1 Å². The first-order chi connectivity index (χ1) is 11.5. The summed E-state index contributed by atoms with van der Waals surface area (Å²) in [6.45, 7) is 3.70. The quantitative estimate of drug-likeness (QED) is 0.782. The Hall–Kier alpha value is -2.18. The van der Waals surface area contributed by atoms with E-state index in [0.717, 1.165) is 11.1 Å². The maximum Gasteiger partial charge on any atom is 0.297 e. The summed E-state index contributed by atoms with van der Waals surface area (Å²) >= 11 is 0. The Labute approximate surface area is 142 Å². The predicted molar refractivity (Wildman–Crippen MR) is 91.6 cm³/mol. The second-order valence-corrected chi connectivity index (χ2v) is 7.36. The lowest BCUT2D eigenvalue weighted by molar-refractivity contribution is 0.176. The summed E-state index contributed by atoms with van der Waals surface area (Å²) in [5.74, 6) is 0.518. The third kappa shape index (κ3) is 3.66. The Morgan fingerprint density at radius 3 is 2.42 bits per heavy atom. The van der Waals surface area contributed by atoms with Crippen LogP contribution in [0.4, 0.5) is 0 Å². The van der Waals surface area contributed by atoms with Crippen LogP contribution < -0.4 is 0 Å². The largest absolute Gasteiger partial charge is 0.472 e. The lowest BCUT2D eigenvalue weighted by atomic mass is 10.2. The fourth-order valence-corrected chi connectivity index (χ4v) is 3.29. The lowest BCUT2D eigenvalue weighted by Crippen LogP contribution is -2.25. The molecular weight excluding hydrogens is 326 g/mol. The van der Waals surface area contributed by atoms with E-state index >= 15 is 0 Å². The lowest BCUT2D eigenvalue weighted by Gasteiger charge is -2.13.